The van der Waals surface area contributed by atoms with E-state index in [4.69, 9.17) is 4.74 Å². The van der Waals surface area contributed by atoms with E-state index in [1.54, 1.807) is 13.2 Å². The lowest BCUT2D eigenvalue weighted by atomic mass is 9.82. The Bertz CT molecular complexity index is 529. The molecule has 0 bridgehead atoms. The summed E-state index contributed by atoms with van der Waals surface area (Å²) in [5.41, 5.74) is 0.504. The zero-order chi connectivity index (χ0) is 12.8. The lowest BCUT2D eigenvalue weighted by Gasteiger charge is -2.34. The second-order valence-electron chi connectivity index (χ2n) is 4.37. The Morgan fingerprint density at radius 3 is 2.83 bits per heavy atom. The van der Waals surface area contributed by atoms with Crippen molar-refractivity contribution in [1.29, 1.82) is 0 Å². The molecule has 0 saturated carbocycles. The Labute approximate surface area is 104 Å². The fraction of sp³-hybridized carbons (Fsp3) is 0.333. The summed E-state index contributed by atoms with van der Waals surface area (Å²) in [4.78, 5) is 23.5. The van der Waals surface area contributed by atoms with Gasteiger partial charge in [-0.3, -0.25) is 10.1 Å². The maximum atomic E-state index is 12.1. The Morgan fingerprint density at radius 2 is 2.17 bits per heavy atom. The molecule has 1 unspecified atom stereocenters. The number of hydrogen-bond acceptors (Lipinski definition) is 4. The van der Waals surface area contributed by atoms with Crippen molar-refractivity contribution in [1.82, 2.24) is 10.6 Å². The Morgan fingerprint density at radius 1 is 1.33 bits per heavy atom. The highest BCUT2D eigenvalue weighted by atomic mass is 16.5. The Balaban J connectivity index is 2.22. The van der Waals surface area contributed by atoms with Crippen LogP contribution in [0.3, 0.4) is 0 Å². The van der Waals surface area contributed by atoms with Gasteiger partial charge in [0.05, 0.1) is 12.7 Å². The van der Waals surface area contributed by atoms with Crippen LogP contribution in [-0.4, -0.2) is 25.6 Å². The number of benzene rings is 1. The van der Waals surface area contributed by atoms with Gasteiger partial charge in [-0.25, -0.2) is 4.79 Å². The molecule has 1 spiro atoms. The van der Waals surface area contributed by atoms with Crippen LogP contribution in [0.15, 0.2) is 18.2 Å². The normalized spacial score (nSPS) is 25.2. The van der Waals surface area contributed by atoms with Crippen molar-refractivity contribution >= 4 is 17.6 Å². The van der Waals surface area contributed by atoms with Crippen LogP contribution >= 0.6 is 0 Å². The molecule has 0 aromatic heterocycles. The average Bonchev–Trinajstić information content (AvgIpc) is 2.64. The third-order valence-electron chi connectivity index (χ3n) is 3.43. The standard InChI is InChI=1S/C12H13N3O3/c1-18-8-4-2-3-7-9(8)12(5-6-13-7)10(16)14-11(17)15-12/h2-4,13H,5-6H2,1H3,(H2,14,15,16,17). The predicted octanol–water partition coefficient (Wildman–Crippen LogP) is 0.545. The molecule has 94 valence electrons. The fourth-order valence-electron chi connectivity index (χ4n) is 2.64. The van der Waals surface area contributed by atoms with Crippen molar-refractivity contribution in [3.05, 3.63) is 23.8 Å². The van der Waals surface area contributed by atoms with E-state index in [-0.39, 0.29) is 5.91 Å². The summed E-state index contributed by atoms with van der Waals surface area (Å²) in [6.45, 7) is 0.619. The molecule has 6 nitrogen and oxygen atoms in total. The van der Waals surface area contributed by atoms with E-state index >= 15 is 0 Å². The summed E-state index contributed by atoms with van der Waals surface area (Å²) < 4.78 is 5.31. The second-order valence-corrected chi connectivity index (χ2v) is 4.37. The highest BCUT2D eigenvalue weighted by Crippen LogP contribution is 2.42. The smallest absolute Gasteiger partial charge is 0.322 e. The molecule has 2 aliphatic rings. The number of carbonyl (C=O) groups excluding carboxylic acids is 2. The number of hydrogen-bond donors (Lipinski definition) is 3. The van der Waals surface area contributed by atoms with Crippen LogP contribution < -0.4 is 20.7 Å². The van der Waals surface area contributed by atoms with E-state index in [1.165, 1.54) is 0 Å². The molecule has 6 heteroatoms. The van der Waals surface area contributed by atoms with E-state index in [9.17, 15) is 9.59 Å². The molecule has 1 aromatic carbocycles. The number of nitrogens with one attached hydrogen (secondary N) is 3. The number of rotatable bonds is 1. The molecular weight excluding hydrogens is 234 g/mol. The molecule has 0 radical (unpaired) electrons. The second kappa shape index (κ2) is 3.63. The van der Waals surface area contributed by atoms with Gasteiger partial charge in [-0.2, -0.15) is 0 Å². The number of methoxy groups -OCH3 is 1. The minimum atomic E-state index is -1.01. The number of anilines is 1. The molecule has 3 N–H and O–H groups in total. The van der Waals surface area contributed by atoms with Gasteiger partial charge in [0.15, 0.2) is 5.54 Å². The molecule has 3 rings (SSSR count). The first kappa shape index (κ1) is 10.9. The third-order valence-corrected chi connectivity index (χ3v) is 3.43. The maximum Gasteiger partial charge on any atom is 0.322 e. The lowest BCUT2D eigenvalue weighted by molar-refractivity contribution is -0.124. The molecule has 2 aliphatic heterocycles. The fourth-order valence-corrected chi connectivity index (χ4v) is 2.64. The minimum Gasteiger partial charge on any atom is -0.496 e. The average molecular weight is 247 g/mol. The molecule has 1 atom stereocenters. The van der Waals surface area contributed by atoms with E-state index in [1.807, 2.05) is 12.1 Å². The van der Waals surface area contributed by atoms with Crippen LogP contribution in [0.4, 0.5) is 10.5 Å². The number of amides is 3. The number of imide groups is 1. The number of ether oxygens (including phenoxy) is 1. The zero-order valence-corrected chi connectivity index (χ0v) is 9.87. The van der Waals surface area contributed by atoms with Crippen molar-refractivity contribution < 1.29 is 14.3 Å². The first-order valence-electron chi connectivity index (χ1n) is 5.72. The van der Waals surface area contributed by atoms with Crippen molar-refractivity contribution in [2.75, 3.05) is 19.0 Å². The zero-order valence-electron chi connectivity index (χ0n) is 9.87. The quantitative estimate of drug-likeness (QED) is 0.633. The van der Waals surface area contributed by atoms with Crippen LogP contribution in [0.5, 0.6) is 5.75 Å². The minimum absolute atomic E-state index is 0.320. The monoisotopic (exact) mass is 247 g/mol. The highest BCUT2D eigenvalue weighted by molar-refractivity contribution is 6.08. The number of fused-ring (bicyclic) bond motifs is 2. The first-order valence-corrected chi connectivity index (χ1v) is 5.72. The van der Waals surface area contributed by atoms with Gasteiger partial charge < -0.3 is 15.4 Å². The first-order chi connectivity index (χ1) is 8.67. The molecule has 1 saturated heterocycles. The van der Waals surface area contributed by atoms with Crippen LogP contribution in [-0.2, 0) is 10.3 Å². The topological polar surface area (TPSA) is 79.5 Å². The van der Waals surface area contributed by atoms with Gasteiger partial charge in [-0.05, 0) is 12.1 Å². The summed E-state index contributed by atoms with van der Waals surface area (Å²) in [5.74, 6) is 0.275. The van der Waals surface area contributed by atoms with Gasteiger partial charge in [0.2, 0.25) is 0 Å². The molecule has 2 heterocycles. The van der Waals surface area contributed by atoms with Gasteiger partial charge in [-0.15, -0.1) is 0 Å². The predicted molar refractivity (Wildman–Crippen MR) is 64.5 cm³/mol. The largest absolute Gasteiger partial charge is 0.496 e. The van der Waals surface area contributed by atoms with Crippen molar-refractivity contribution in [2.45, 2.75) is 12.0 Å². The Hall–Kier alpha value is -2.24. The maximum absolute atomic E-state index is 12.1. The summed E-state index contributed by atoms with van der Waals surface area (Å²) in [5, 5.41) is 8.24. The van der Waals surface area contributed by atoms with E-state index in [0.717, 1.165) is 5.69 Å². The van der Waals surface area contributed by atoms with Crippen LogP contribution in [0.2, 0.25) is 0 Å². The molecular formula is C12H13N3O3. The SMILES string of the molecule is COc1cccc2c1C1(CCN2)NC(=O)NC1=O. The highest BCUT2D eigenvalue weighted by Gasteiger charge is 2.51. The Kier molecular flexibility index (Phi) is 2.19. The van der Waals surface area contributed by atoms with E-state index in [0.29, 0.717) is 24.3 Å². The summed E-state index contributed by atoms with van der Waals surface area (Å²) >= 11 is 0. The van der Waals surface area contributed by atoms with Crippen molar-refractivity contribution in [3.63, 3.8) is 0 Å². The van der Waals surface area contributed by atoms with Crippen LogP contribution in [0.25, 0.3) is 0 Å². The van der Waals surface area contributed by atoms with Crippen molar-refractivity contribution in [2.24, 2.45) is 0 Å². The van der Waals surface area contributed by atoms with Gasteiger partial charge in [0.25, 0.3) is 5.91 Å². The molecule has 1 fully saturated rings. The van der Waals surface area contributed by atoms with E-state index < -0.39 is 11.6 Å². The molecule has 1 aromatic rings. The van der Waals surface area contributed by atoms with Crippen LogP contribution in [0.1, 0.15) is 12.0 Å². The number of urea groups is 1. The lowest BCUT2D eigenvalue weighted by Crippen LogP contribution is -2.48. The van der Waals surface area contributed by atoms with Gasteiger partial charge in [0, 0.05) is 18.7 Å². The molecule has 18 heavy (non-hydrogen) atoms. The van der Waals surface area contributed by atoms with Gasteiger partial charge in [0.1, 0.15) is 5.75 Å². The summed E-state index contributed by atoms with van der Waals surface area (Å²) in [6.07, 6.45) is 0.498. The summed E-state index contributed by atoms with van der Waals surface area (Å²) in [6, 6.07) is 5.04. The van der Waals surface area contributed by atoms with Gasteiger partial charge in [-0.1, -0.05) is 6.07 Å². The van der Waals surface area contributed by atoms with Crippen molar-refractivity contribution in [3.8, 4) is 5.75 Å². The van der Waals surface area contributed by atoms with Crippen LogP contribution in [0, 0.1) is 0 Å². The third kappa shape index (κ3) is 1.28. The number of carbonyl (C=O) groups is 2. The molecule has 0 aliphatic carbocycles. The van der Waals surface area contributed by atoms with Gasteiger partial charge >= 0.3 is 6.03 Å². The van der Waals surface area contributed by atoms with E-state index in [2.05, 4.69) is 16.0 Å². The summed E-state index contributed by atoms with van der Waals surface area (Å²) in [7, 11) is 1.55. The molecule has 3 amide bonds.